The number of halogens is 1. The molecule has 0 saturated heterocycles. The zero-order valence-electron chi connectivity index (χ0n) is 38.5. The third kappa shape index (κ3) is 13.6. The molecular formula is C58H84ClN. The molecule has 2 aliphatic carbocycles. The highest BCUT2D eigenvalue weighted by atomic mass is 35.5. The van der Waals surface area contributed by atoms with E-state index in [2.05, 4.69) is 98.8 Å². The van der Waals surface area contributed by atoms with Crippen molar-refractivity contribution in [3.05, 3.63) is 107 Å². The molecule has 0 heterocycles. The minimum absolute atomic E-state index is 0. The van der Waals surface area contributed by atoms with Gasteiger partial charge < -0.3 is 12.4 Å². The highest BCUT2D eigenvalue weighted by Gasteiger charge is 2.40. The lowest BCUT2D eigenvalue weighted by Gasteiger charge is -2.41. The van der Waals surface area contributed by atoms with Crippen LogP contribution in [-0.4, -0.2) is 13.1 Å². The van der Waals surface area contributed by atoms with E-state index in [0.29, 0.717) is 0 Å². The fraction of sp³-hybridized carbons (Fsp3) is 0.586. The third-order valence-corrected chi connectivity index (χ3v) is 14.4. The summed E-state index contributed by atoms with van der Waals surface area (Å²) in [6.07, 6.45) is 41.6. The quantitative estimate of drug-likeness (QED) is 0.0293. The summed E-state index contributed by atoms with van der Waals surface area (Å²) in [5.74, 6) is 0. The SMILES string of the molecule is CCCCCCCCCCCCCCCC[N+](CCCCCCCCCCCCCCCC)(c1cccc2c1Cc1ccccc1-2)c1cccc2c1Cc1ccccc1-2.[Cl-]. The molecule has 0 unspecified atom stereocenters. The molecule has 0 spiro atoms. The molecule has 0 bridgehead atoms. The number of unbranched alkanes of at least 4 members (excludes halogenated alkanes) is 26. The number of fused-ring (bicyclic) bond motifs is 6. The number of hydrogen-bond acceptors (Lipinski definition) is 0. The molecule has 0 aromatic heterocycles. The first kappa shape index (κ1) is 48.2. The van der Waals surface area contributed by atoms with Crippen LogP contribution in [0.5, 0.6) is 0 Å². The lowest BCUT2D eigenvalue weighted by atomic mass is 9.96. The van der Waals surface area contributed by atoms with Crippen molar-refractivity contribution in [1.29, 1.82) is 0 Å². The fourth-order valence-corrected chi connectivity index (χ4v) is 11.0. The molecule has 0 atom stereocenters. The van der Waals surface area contributed by atoms with Crippen LogP contribution >= 0.6 is 0 Å². The molecule has 1 nitrogen and oxygen atoms in total. The number of nitrogens with zero attached hydrogens (tertiary/aromatic N) is 1. The first-order valence-electron chi connectivity index (χ1n) is 25.6. The van der Waals surface area contributed by atoms with Crippen LogP contribution in [0.4, 0.5) is 11.4 Å². The number of benzene rings is 4. The van der Waals surface area contributed by atoms with Crippen LogP contribution in [-0.2, 0) is 12.8 Å². The molecule has 4 aromatic carbocycles. The van der Waals surface area contributed by atoms with Gasteiger partial charge in [0.1, 0.15) is 11.4 Å². The molecule has 0 N–H and O–H groups in total. The second-order valence-corrected chi connectivity index (χ2v) is 18.9. The smallest absolute Gasteiger partial charge is 0.142 e. The van der Waals surface area contributed by atoms with Gasteiger partial charge in [-0.2, -0.15) is 0 Å². The summed E-state index contributed by atoms with van der Waals surface area (Å²) in [6, 6.07) is 33.2. The van der Waals surface area contributed by atoms with Crippen molar-refractivity contribution in [3.63, 3.8) is 0 Å². The molecule has 2 aliphatic rings. The van der Waals surface area contributed by atoms with E-state index in [1.165, 1.54) is 226 Å². The lowest BCUT2D eigenvalue weighted by Crippen LogP contribution is -3.00. The van der Waals surface area contributed by atoms with E-state index in [1.54, 1.807) is 22.5 Å². The van der Waals surface area contributed by atoms with Gasteiger partial charge >= 0.3 is 0 Å². The highest BCUT2D eigenvalue weighted by Crippen LogP contribution is 2.51. The average molecular weight is 831 g/mol. The second-order valence-electron chi connectivity index (χ2n) is 18.9. The van der Waals surface area contributed by atoms with Crippen molar-refractivity contribution in [3.8, 4) is 22.3 Å². The van der Waals surface area contributed by atoms with Crippen molar-refractivity contribution in [2.75, 3.05) is 13.1 Å². The molecule has 4 aromatic rings. The van der Waals surface area contributed by atoms with Crippen LogP contribution in [0.1, 0.15) is 216 Å². The van der Waals surface area contributed by atoms with Gasteiger partial charge in [0.15, 0.2) is 0 Å². The highest BCUT2D eigenvalue weighted by molar-refractivity contribution is 5.86. The average Bonchev–Trinajstić information content (AvgIpc) is 3.85. The van der Waals surface area contributed by atoms with Crippen molar-refractivity contribution < 1.29 is 12.4 Å². The summed E-state index contributed by atoms with van der Waals surface area (Å²) in [5.41, 5.74) is 15.3. The Morgan fingerprint density at radius 2 is 0.600 bits per heavy atom. The van der Waals surface area contributed by atoms with Crippen molar-refractivity contribution >= 4 is 11.4 Å². The summed E-state index contributed by atoms with van der Waals surface area (Å²) < 4.78 is 1.02. The first-order chi connectivity index (χ1) is 29.3. The van der Waals surface area contributed by atoms with Gasteiger partial charge in [0.2, 0.25) is 0 Å². The molecule has 0 amide bonds. The predicted octanol–water partition coefficient (Wildman–Crippen LogP) is 15.4. The van der Waals surface area contributed by atoms with Gasteiger partial charge in [-0.25, -0.2) is 0 Å². The van der Waals surface area contributed by atoms with Crippen LogP contribution in [0.25, 0.3) is 22.3 Å². The normalized spacial score (nSPS) is 12.6. The minimum atomic E-state index is 0. The maximum Gasteiger partial charge on any atom is 0.142 e. The Morgan fingerprint density at radius 1 is 0.317 bits per heavy atom. The zero-order valence-corrected chi connectivity index (χ0v) is 39.3. The molecule has 0 saturated carbocycles. The summed E-state index contributed by atoms with van der Waals surface area (Å²) >= 11 is 0. The maximum absolute atomic E-state index is 2.56. The first-order valence-corrected chi connectivity index (χ1v) is 25.6. The molecule has 60 heavy (non-hydrogen) atoms. The van der Waals surface area contributed by atoms with E-state index >= 15 is 0 Å². The monoisotopic (exact) mass is 830 g/mol. The van der Waals surface area contributed by atoms with Gasteiger partial charge in [0.05, 0.1) is 13.1 Å². The van der Waals surface area contributed by atoms with Crippen molar-refractivity contribution in [2.45, 2.75) is 206 Å². The molecule has 0 aliphatic heterocycles. The number of quaternary nitrogens is 1. The van der Waals surface area contributed by atoms with Crippen molar-refractivity contribution in [1.82, 2.24) is 4.48 Å². The number of hydrogen-bond donors (Lipinski definition) is 0. The second kappa shape index (κ2) is 27.2. The lowest BCUT2D eigenvalue weighted by molar-refractivity contribution is -0.0000121. The topological polar surface area (TPSA) is 0 Å². The Balaban J connectivity index is 0.00000683. The Hall–Kier alpha value is -2.87. The van der Waals surface area contributed by atoms with Crippen LogP contribution in [0.3, 0.4) is 0 Å². The largest absolute Gasteiger partial charge is 1.00 e. The van der Waals surface area contributed by atoms with Gasteiger partial charge in [-0.15, -0.1) is 0 Å². The zero-order chi connectivity index (χ0) is 40.8. The van der Waals surface area contributed by atoms with E-state index in [4.69, 9.17) is 0 Å². The standard InChI is InChI=1S/C58H84N.ClH/c1-3-5-7-9-11-13-15-17-19-21-23-25-27-33-45-59(46-34-28-26-24-22-20-18-16-14-12-10-8-6-4-2,57-43-35-41-53-51-39-31-29-37-49(51)47-55(53)57)58-44-36-42-54-52-40-32-30-38-50(52)48-56(54)58;/h29-32,35-44H,3-28,33-34,45-48H2,1-2H3;1H/q+1;/p-1. The van der Waals surface area contributed by atoms with Gasteiger partial charge in [0.25, 0.3) is 0 Å². The van der Waals surface area contributed by atoms with E-state index in [1.807, 2.05) is 0 Å². The Labute approximate surface area is 375 Å². The Bertz CT molecular complexity index is 1660. The van der Waals surface area contributed by atoms with Gasteiger partial charge in [-0.1, -0.05) is 241 Å². The summed E-state index contributed by atoms with van der Waals surface area (Å²) in [5, 5.41) is 0. The van der Waals surface area contributed by atoms with E-state index < -0.39 is 0 Å². The Morgan fingerprint density at radius 3 is 0.933 bits per heavy atom. The molecule has 0 fully saturated rings. The third-order valence-electron chi connectivity index (χ3n) is 14.4. The van der Waals surface area contributed by atoms with E-state index in [-0.39, 0.29) is 12.4 Å². The van der Waals surface area contributed by atoms with E-state index in [0.717, 1.165) is 17.3 Å². The van der Waals surface area contributed by atoms with Crippen LogP contribution < -0.4 is 16.9 Å². The molecule has 2 heteroatoms. The van der Waals surface area contributed by atoms with Crippen LogP contribution in [0.2, 0.25) is 0 Å². The molecule has 328 valence electrons. The fourth-order valence-electron chi connectivity index (χ4n) is 11.0. The molecule has 6 rings (SSSR count). The van der Waals surface area contributed by atoms with Crippen molar-refractivity contribution in [2.24, 2.45) is 0 Å². The minimum Gasteiger partial charge on any atom is -1.00 e. The van der Waals surface area contributed by atoms with E-state index in [9.17, 15) is 0 Å². The maximum atomic E-state index is 2.56. The molecular weight excluding hydrogens is 746 g/mol. The Kier molecular flexibility index (Phi) is 21.9. The van der Waals surface area contributed by atoms with Gasteiger partial charge in [-0.05, 0) is 71.2 Å². The summed E-state index contributed by atoms with van der Waals surface area (Å²) in [4.78, 5) is 0. The number of rotatable bonds is 32. The van der Waals surface area contributed by atoms with Crippen LogP contribution in [0, 0.1) is 0 Å². The summed E-state index contributed by atoms with van der Waals surface area (Å²) in [6.45, 7) is 7.05. The summed E-state index contributed by atoms with van der Waals surface area (Å²) in [7, 11) is 0. The van der Waals surface area contributed by atoms with Crippen LogP contribution in [0.15, 0.2) is 84.9 Å². The van der Waals surface area contributed by atoms with Gasteiger partial charge in [-0.3, -0.25) is 4.48 Å². The molecule has 0 radical (unpaired) electrons. The van der Waals surface area contributed by atoms with Gasteiger partial charge in [0, 0.05) is 24.0 Å². The predicted molar refractivity (Wildman–Crippen MR) is 261 cm³/mol.